The van der Waals surface area contributed by atoms with Crippen LogP contribution in [0.5, 0.6) is 5.75 Å². The molecule has 1 aromatic carbocycles. The second kappa shape index (κ2) is 8.18. The fraction of sp³-hybridized carbons (Fsp3) is 0.600. The number of methoxy groups -OCH3 is 1. The molecule has 1 atom stereocenters. The summed E-state index contributed by atoms with van der Waals surface area (Å²) in [5.41, 5.74) is 0.960. The third-order valence-electron chi connectivity index (χ3n) is 5.40. The maximum Gasteiger partial charge on any atom is 0.156 e. The zero-order valence-electron chi connectivity index (χ0n) is 15.6. The van der Waals surface area contributed by atoms with Crippen molar-refractivity contribution in [2.24, 2.45) is 0 Å². The van der Waals surface area contributed by atoms with Crippen molar-refractivity contribution >= 4 is 0 Å². The Morgan fingerprint density at radius 3 is 2.81 bits per heavy atom. The zero-order valence-corrected chi connectivity index (χ0v) is 15.6. The third-order valence-corrected chi connectivity index (χ3v) is 5.40. The van der Waals surface area contributed by atoms with E-state index in [2.05, 4.69) is 4.90 Å². The van der Waals surface area contributed by atoms with Crippen LogP contribution in [0.15, 0.2) is 24.3 Å². The summed E-state index contributed by atoms with van der Waals surface area (Å²) in [5.74, 6) is 3.05. The molecule has 2 aliphatic heterocycles. The van der Waals surface area contributed by atoms with E-state index in [1.165, 1.54) is 32.4 Å². The molecule has 1 aromatic heterocycles. The number of hydrogen-bond donors (Lipinski definition) is 0. The first-order valence-corrected chi connectivity index (χ1v) is 9.74. The van der Waals surface area contributed by atoms with Gasteiger partial charge in [-0.15, -0.1) is 0 Å². The smallest absolute Gasteiger partial charge is 0.156 e. The largest absolute Gasteiger partial charge is 0.494 e. The van der Waals surface area contributed by atoms with E-state index in [0.29, 0.717) is 5.92 Å². The van der Waals surface area contributed by atoms with Gasteiger partial charge in [0, 0.05) is 25.5 Å². The minimum absolute atomic E-state index is 0.305. The van der Waals surface area contributed by atoms with Crippen LogP contribution in [0.2, 0.25) is 0 Å². The molecule has 2 fully saturated rings. The maximum absolute atomic E-state index is 5.56. The zero-order chi connectivity index (χ0) is 17.8. The Bertz CT molecular complexity index is 718. The maximum atomic E-state index is 5.56. The van der Waals surface area contributed by atoms with Crippen molar-refractivity contribution < 1.29 is 9.47 Å². The number of nitrogens with zero attached hydrogens (tertiary/aromatic N) is 4. The first-order chi connectivity index (χ1) is 12.8. The van der Waals surface area contributed by atoms with Crippen LogP contribution in [0.1, 0.15) is 43.3 Å². The number of aromatic nitrogens is 3. The number of piperidine rings is 1. The Kier molecular flexibility index (Phi) is 5.51. The van der Waals surface area contributed by atoms with Gasteiger partial charge in [0.2, 0.25) is 0 Å². The summed E-state index contributed by atoms with van der Waals surface area (Å²) in [4.78, 5) is 7.46. The highest BCUT2D eigenvalue weighted by atomic mass is 16.5. The second-order valence-electron chi connectivity index (χ2n) is 7.18. The van der Waals surface area contributed by atoms with E-state index in [4.69, 9.17) is 19.6 Å². The lowest BCUT2D eigenvalue weighted by atomic mass is 10.1. The molecule has 2 aromatic rings. The van der Waals surface area contributed by atoms with Crippen molar-refractivity contribution in [3.63, 3.8) is 0 Å². The van der Waals surface area contributed by atoms with Crippen LogP contribution < -0.4 is 4.74 Å². The molecule has 2 aliphatic rings. The van der Waals surface area contributed by atoms with E-state index in [1.54, 1.807) is 7.11 Å². The average molecular weight is 356 g/mol. The van der Waals surface area contributed by atoms with Gasteiger partial charge < -0.3 is 14.4 Å². The first-order valence-electron chi connectivity index (χ1n) is 9.74. The van der Waals surface area contributed by atoms with Crippen molar-refractivity contribution in [2.75, 3.05) is 40.0 Å². The number of ether oxygens (including phenoxy) is 2. The van der Waals surface area contributed by atoms with Crippen molar-refractivity contribution in [3.05, 3.63) is 35.9 Å². The fourth-order valence-electron chi connectivity index (χ4n) is 3.87. The molecule has 0 radical (unpaired) electrons. The van der Waals surface area contributed by atoms with Crippen molar-refractivity contribution in [1.82, 2.24) is 19.7 Å². The van der Waals surface area contributed by atoms with Crippen LogP contribution in [0.25, 0.3) is 5.69 Å². The predicted octanol–water partition coefficient (Wildman–Crippen LogP) is 2.81. The SMILES string of the molecule is COc1ccccc1-n1nc(C2CCOC2)nc1CCN1CCCCC1. The van der Waals surface area contributed by atoms with E-state index in [0.717, 1.165) is 55.7 Å². The highest BCUT2D eigenvalue weighted by Gasteiger charge is 2.25. The van der Waals surface area contributed by atoms with Crippen LogP contribution in [0.3, 0.4) is 0 Å². The fourth-order valence-corrected chi connectivity index (χ4v) is 3.87. The molecule has 4 rings (SSSR count). The molecule has 0 spiro atoms. The molecule has 2 saturated heterocycles. The minimum atomic E-state index is 0.305. The van der Waals surface area contributed by atoms with Crippen LogP contribution in [-0.4, -0.2) is 59.6 Å². The summed E-state index contributed by atoms with van der Waals surface area (Å²) in [7, 11) is 1.70. The molecular formula is C20H28N4O2. The Labute approximate surface area is 155 Å². The van der Waals surface area contributed by atoms with Gasteiger partial charge in [0.25, 0.3) is 0 Å². The molecule has 3 heterocycles. The highest BCUT2D eigenvalue weighted by molar-refractivity contribution is 5.46. The Balaban J connectivity index is 1.61. The number of likely N-dealkylation sites (tertiary alicyclic amines) is 1. The molecule has 6 nitrogen and oxygen atoms in total. The van der Waals surface area contributed by atoms with Crippen LogP contribution >= 0.6 is 0 Å². The van der Waals surface area contributed by atoms with E-state index in [9.17, 15) is 0 Å². The molecule has 0 saturated carbocycles. The number of para-hydroxylation sites is 2. The van der Waals surface area contributed by atoms with Crippen molar-refractivity contribution in [1.29, 1.82) is 0 Å². The van der Waals surface area contributed by atoms with Crippen molar-refractivity contribution in [3.8, 4) is 11.4 Å². The van der Waals surface area contributed by atoms with E-state index in [-0.39, 0.29) is 0 Å². The van der Waals surface area contributed by atoms with Gasteiger partial charge in [0.05, 0.1) is 13.7 Å². The first kappa shape index (κ1) is 17.5. The van der Waals surface area contributed by atoms with Crippen LogP contribution in [0.4, 0.5) is 0 Å². The van der Waals surface area contributed by atoms with Gasteiger partial charge in [0.15, 0.2) is 5.82 Å². The standard InChI is InChI=1S/C20H28N4O2/c1-25-18-8-4-3-7-17(18)24-19(9-13-23-11-5-2-6-12-23)21-20(22-24)16-10-14-26-15-16/h3-4,7-8,16H,2,5-6,9-15H2,1H3. The second-order valence-corrected chi connectivity index (χ2v) is 7.18. The molecule has 0 N–H and O–H groups in total. The van der Waals surface area contributed by atoms with Gasteiger partial charge in [-0.05, 0) is 44.5 Å². The lowest BCUT2D eigenvalue weighted by molar-refractivity contribution is 0.193. The number of hydrogen-bond acceptors (Lipinski definition) is 5. The van der Waals surface area contributed by atoms with E-state index >= 15 is 0 Å². The molecule has 0 aliphatic carbocycles. The number of benzene rings is 1. The quantitative estimate of drug-likeness (QED) is 0.797. The van der Waals surface area contributed by atoms with Gasteiger partial charge in [-0.2, -0.15) is 5.10 Å². The van der Waals surface area contributed by atoms with Gasteiger partial charge >= 0.3 is 0 Å². The highest BCUT2D eigenvalue weighted by Crippen LogP contribution is 2.27. The molecular weight excluding hydrogens is 328 g/mol. The molecule has 0 bridgehead atoms. The molecule has 0 amide bonds. The molecule has 140 valence electrons. The number of rotatable bonds is 6. The molecule has 1 unspecified atom stereocenters. The summed E-state index contributed by atoms with van der Waals surface area (Å²) in [6.45, 7) is 4.96. The molecule has 6 heteroatoms. The summed E-state index contributed by atoms with van der Waals surface area (Å²) in [6, 6.07) is 8.03. The Morgan fingerprint density at radius 2 is 2.04 bits per heavy atom. The topological polar surface area (TPSA) is 52.4 Å². The van der Waals surface area contributed by atoms with Gasteiger partial charge in [-0.25, -0.2) is 9.67 Å². The lowest BCUT2D eigenvalue weighted by Crippen LogP contribution is -2.32. The van der Waals surface area contributed by atoms with Gasteiger partial charge in [0.1, 0.15) is 17.3 Å². The van der Waals surface area contributed by atoms with E-state index < -0.39 is 0 Å². The summed E-state index contributed by atoms with van der Waals surface area (Å²) >= 11 is 0. The predicted molar refractivity (Wildman–Crippen MR) is 100 cm³/mol. The van der Waals surface area contributed by atoms with Crippen molar-refractivity contribution in [2.45, 2.75) is 38.0 Å². The lowest BCUT2D eigenvalue weighted by Gasteiger charge is -2.26. The monoisotopic (exact) mass is 356 g/mol. The normalized spacial score (nSPS) is 21.2. The van der Waals surface area contributed by atoms with Gasteiger partial charge in [-0.1, -0.05) is 18.6 Å². The van der Waals surface area contributed by atoms with Gasteiger partial charge in [-0.3, -0.25) is 0 Å². The molecule has 26 heavy (non-hydrogen) atoms. The minimum Gasteiger partial charge on any atom is -0.494 e. The van der Waals surface area contributed by atoms with E-state index in [1.807, 2.05) is 28.9 Å². The third kappa shape index (κ3) is 3.76. The Morgan fingerprint density at radius 1 is 1.19 bits per heavy atom. The van der Waals surface area contributed by atoms with Crippen LogP contribution in [-0.2, 0) is 11.2 Å². The summed E-state index contributed by atoms with van der Waals surface area (Å²) in [5, 5.41) is 4.86. The Hall–Kier alpha value is -1.92. The summed E-state index contributed by atoms with van der Waals surface area (Å²) < 4.78 is 13.1. The summed E-state index contributed by atoms with van der Waals surface area (Å²) in [6.07, 6.45) is 5.88. The van der Waals surface area contributed by atoms with Crippen LogP contribution in [0, 0.1) is 0 Å². The average Bonchev–Trinajstić information content (AvgIpc) is 3.37.